The van der Waals surface area contributed by atoms with Crippen LogP contribution in [0.15, 0.2) is 48.3 Å². The number of rotatable bonds is 8. The van der Waals surface area contributed by atoms with Gasteiger partial charge in [-0.1, -0.05) is 69.5 Å². The van der Waals surface area contributed by atoms with E-state index in [0.717, 1.165) is 5.70 Å². The number of aryl methyl sites for hydroxylation is 1. The standard InChI is InChI=1S/C24H35N/c1-5-7-11-21-14-16-22(17-15-21)18-19-23(6-2)25(20(3)4)24-12-9-8-10-13-24/h14-20,24H,2,5,7-13H2,1,3-4H3/b19-18+. The first-order valence-corrected chi connectivity index (χ1v) is 10.1. The zero-order chi connectivity index (χ0) is 18.1. The fraction of sp³-hybridized carbons (Fsp3) is 0.542. The summed E-state index contributed by atoms with van der Waals surface area (Å²) in [6.07, 6.45) is 14.8. The minimum absolute atomic E-state index is 0.480. The zero-order valence-corrected chi connectivity index (χ0v) is 16.4. The fourth-order valence-electron chi connectivity index (χ4n) is 3.84. The van der Waals surface area contributed by atoms with E-state index in [0.29, 0.717) is 12.1 Å². The molecular formula is C24H35N. The predicted molar refractivity (Wildman–Crippen MR) is 111 cm³/mol. The molecule has 1 nitrogen and oxygen atoms in total. The molecule has 1 aromatic rings. The highest BCUT2D eigenvalue weighted by Crippen LogP contribution is 2.27. The summed E-state index contributed by atoms with van der Waals surface area (Å²) >= 11 is 0. The van der Waals surface area contributed by atoms with Crippen molar-refractivity contribution in [2.75, 3.05) is 0 Å². The lowest BCUT2D eigenvalue weighted by Gasteiger charge is -2.39. The van der Waals surface area contributed by atoms with Crippen LogP contribution in [0.1, 0.15) is 76.8 Å². The van der Waals surface area contributed by atoms with Gasteiger partial charge in [-0.25, -0.2) is 0 Å². The van der Waals surface area contributed by atoms with Crippen molar-refractivity contribution in [2.45, 2.75) is 84.2 Å². The summed E-state index contributed by atoms with van der Waals surface area (Å²) in [7, 11) is 0. The Morgan fingerprint density at radius 2 is 1.88 bits per heavy atom. The van der Waals surface area contributed by atoms with Crippen LogP contribution in [0.3, 0.4) is 0 Å². The number of hydrogen-bond acceptors (Lipinski definition) is 1. The Labute approximate surface area is 155 Å². The Kier molecular flexibility index (Phi) is 8.09. The van der Waals surface area contributed by atoms with Crippen LogP contribution in [0.4, 0.5) is 0 Å². The van der Waals surface area contributed by atoms with Gasteiger partial charge in [0.05, 0.1) is 5.70 Å². The Morgan fingerprint density at radius 1 is 1.20 bits per heavy atom. The van der Waals surface area contributed by atoms with E-state index >= 15 is 0 Å². The zero-order valence-electron chi connectivity index (χ0n) is 16.4. The summed E-state index contributed by atoms with van der Waals surface area (Å²) in [6, 6.07) is 10.1. The minimum Gasteiger partial charge on any atom is -0.360 e. The van der Waals surface area contributed by atoms with Crippen LogP contribution < -0.4 is 0 Å². The molecule has 0 radical (unpaired) electrons. The highest BCUT2D eigenvalue weighted by Gasteiger charge is 2.24. The molecule has 1 aromatic carbocycles. The molecule has 136 valence electrons. The molecule has 25 heavy (non-hydrogen) atoms. The molecule has 1 aliphatic carbocycles. The summed E-state index contributed by atoms with van der Waals surface area (Å²) in [5.41, 5.74) is 7.02. The summed E-state index contributed by atoms with van der Waals surface area (Å²) in [6.45, 7) is 10.8. The van der Waals surface area contributed by atoms with Crippen LogP contribution in [-0.4, -0.2) is 17.0 Å². The van der Waals surface area contributed by atoms with Gasteiger partial charge >= 0.3 is 0 Å². The summed E-state index contributed by atoms with van der Waals surface area (Å²) < 4.78 is 0. The Morgan fingerprint density at radius 3 is 2.44 bits per heavy atom. The number of nitrogens with zero attached hydrogens (tertiary/aromatic N) is 1. The molecule has 0 atom stereocenters. The van der Waals surface area contributed by atoms with E-state index in [-0.39, 0.29) is 0 Å². The Hall–Kier alpha value is -1.72. The molecule has 1 saturated carbocycles. The molecule has 0 aliphatic heterocycles. The molecule has 0 bridgehead atoms. The van der Waals surface area contributed by atoms with Crippen molar-refractivity contribution in [3.8, 4) is 0 Å². The van der Waals surface area contributed by atoms with Gasteiger partial charge in [-0.05, 0) is 56.7 Å². The SMILES string of the molecule is C=C=C(/C=C/c1ccc(CCCC)cc1)N(C(C)C)C1CCCCC1. The molecule has 0 heterocycles. The smallest absolute Gasteiger partial charge is 0.0798 e. The van der Waals surface area contributed by atoms with Gasteiger partial charge in [-0.2, -0.15) is 0 Å². The minimum atomic E-state index is 0.480. The molecule has 0 unspecified atom stereocenters. The average Bonchev–Trinajstić information content (AvgIpc) is 2.64. The van der Waals surface area contributed by atoms with E-state index in [2.05, 4.69) is 74.4 Å². The lowest BCUT2D eigenvalue weighted by atomic mass is 9.93. The second-order valence-corrected chi connectivity index (χ2v) is 7.53. The topological polar surface area (TPSA) is 3.24 Å². The lowest BCUT2D eigenvalue weighted by Crippen LogP contribution is -2.40. The van der Waals surface area contributed by atoms with E-state index in [9.17, 15) is 0 Å². The van der Waals surface area contributed by atoms with Crippen LogP contribution in [0.25, 0.3) is 6.08 Å². The van der Waals surface area contributed by atoms with E-state index < -0.39 is 0 Å². The van der Waals surface area contributed by atoms with Gasteiger partial charge in [0.25, 0.3) is 0 Å². The van der Waals surface area contributed by atoms with Gasteiger partial charge in [0.1, 0.15) is 0 Å². The maximum absolute atomic E-state index is 3.96. The van der Waals surface area contributed by atoms with Crippen molar-refractivity contribution in [2.24, 2.45) is 0 Å². The van der Waals surface area contributed by atoms with Crippen molar-refractivity contribution in [3.05, 3.63) is 59.5 Å². The van der Waals surface area contributed by atoms with E-state index in [1.807, 2.05) is 0 Å². The largest absolute Gasteiger partial charge is 0.360 e. The van der Waals surface area contributed by atoms with Gasteiger partial charge in [-0.15, -0.1) is 5.73 Å². The second kappa shape index (κ2) is 10.3. The maximum atomic E-state index is 3.96. The molecule has 1 aliphatic rings. The third kappa shape index (κ3) is 5.94. The molecular weight excluding hydrogens is 302 g/mol. The number of allylic oxidation sites excluding steroid dienone is 1. The van der Waals surface area contributed by atoms with E-state index in [4.69, 9.17) is 0 Å². The van der Waals surface area contributed by atoms with Crippen molar-refractivity contribution < 1.29 is 0 Å². The molecule has 0 saturated heterocycles. The van der Waals surface area contributed by atoms with E-state index in [1.54, 1.807) is 0 Å². The maximum Gasteiger partial charge on any atom is 0.0798 e. The Balaban J connectivity index is 2.08. The number of unbranched alkanes of at least 4 members (excludes halogenated alkanes) is 1. The van der Waals surface area contributed by atoms with Crippen molar-refractivity contribution >= 4 is 6.08 Å². The van der Waals surface area contributed by atoms with Crippen molar-refractivity contribution in [1.82, 2.24) is 4.90 Å². The molecule has 2 rings (SSSR count). The van der Waals surface area contributed by atoms with Crippen LogP contribution in [-0.2, 0) is 6.42 Å². The van der Waals surface area contributed by atoms with Gasteiger partial charge in [0, 0.05) is 12.1 Å². The first kappa shape index (κ1) is 19.6. The van der Waals surface area contributed by atoms with Crippen molar-refractivity contribution in [3.63, 3.8) is 0 Å². The third-order valence-electron chi connectivity index (χ3n) is 5.22. The summed E-state index contributed by atoms with van der Waals surface area (Å²) in [5, 5.41) is 0. The number of benzene rings is 1. The van der Waals surface area contributed by atoms with Gasteiger partial charge < -0.3 is 4.90 Å². The lowest BCUT2D eigenvalue weighted by molar-refractivity contribution is 0.170. The first-order chi connectivity index (χ1) is 12.2. The normalized spacial score (nSPS) is 15.5. The molecule has 0 N–H and O–H groups in total. The second-order valence-electron chi connectivity index (χ2n) is 7.53. The van der Waals surface area contributed by atoms with Crippen LogP contribution in [0.5, 0.6) is 0 Å². The molecule has 1 fully saturated rings. The molecule has 0 spiro atoms. The predicted octanol–water partition coefficient (Wildman–Crippen LogP) is 6.75. The quantitative estimate of drug-likeness (QED) is 0.374. The Bertz CT molecular complexity index is 581. The van der Waals surface area contributed by atoms with Crippen molar-refractivity contribution in [1.29, 1.82) is 0 Å². The summed E-state index contributed by atoms with van der Waals surface area (Å²) in [5.74, 6) is 0. The van der Waals surface area contributed by atoms with Gasteiger partial charge in [0.2, 0.25) is 0 Å². The monoisotopic (exact) mass is 337 g/mol. The van der Waals surface area contributed by atoms with Crippen LogP contribution in [0.2, 0.25) is 0 Å². The van der Waals surface area contributed by atoms with Gasteiger partial charge in [0.15, 0.2) is 0 Å². The van der Waals surface area contributed by atoms with E-state index in [1.165, 1.54) is 62.5 Å². The molecule has 1 heteroatoms. The fourth-order valence-corrected chi connectivity index (χ4v) is 3.84. The molecule has 0 amide bonds. The van der Waals surface area contributed by atoms with Crippen LogP contribution in [0, 0.1) is 0 Å². The highest BCUT2D eigenvalue weighted by molar-refractivity contribution is 5.53. The third-order valence-corrected chi connectivity index (χ3v) is 5.22. The average molecular weight is 338 g/mol. The van der Waals surface area contributed by atoms with Gasteiger partial charge in [-0.3, -0.25) is 0 Å². The van der Waals surface area contributed by atoms with Crippen LogP contribution >= 0.6 is 0 Å². The molecule has 0 aromatic heterocycles. The highest BCUT2D eigenvalue weighted by atomic mass is 15.2. The number of hydrogen-bond donors (Lipinski definition) is 0. The first-order valence-electron chi connectivity index (χ1n) is 10.1. The summed E-state index contributed by atoms with van der Waals surface area (Å²) in [4.78, 5) is 2.53.